The number of aryl methyl sites for hydroxylation is 1. The number of benzene rings is 1. The molecular weight excluding hydrogens is 301 g/mol. The Hall–Kier alpha value is -0.650. The maximum absolute atomic E-state index is 13.2. The second-order valence-electron chi connectivity index (χ2n) is 5.38. The largest absolute Gasteiger partial charge is 0.240 e. The molecule has 1 aromatic carbocycles. The van der Waals surface area contributed by atoms with E-state index in [1.807, 2.05) is 0 Å². The van der Waals surface area contributed by atoms with E-state index in [1.54, 1.807) is 6.92 Å². The van der Waals surface area contributed by atoms with E-state index < -0.39 is 15.8 Å². The van der Waals surface area contributed by atoms with E-state index in [4.69, 9.17) is 11.6 Å². The van der Waals surface area contributed by atoms with E-state index in [0.717, 1.165) is 31.7 Å². The fourth-order valence-electron chi connectivity index (χ4n) is 2.49. The van der Waals surface area contributed by atoms with Gasteiger partial charge >= 0.3 is 0 Å². The van der Waals surface area contributed by atoms with E-state index in [-0.39, 0.29) is 10.3 Å². The lowest BCUT2D eigenvalue weighted by molar-refractivity contribution is 0.361. The Labute approximate surface area is 124 Å². The molecule has 0 heterocycles. The van der Waals surface area contributed by atoms with Gasteiger partial charge in [0.2, 0.25) is 10.0 Å². The summed E-state index contributed by atoms with van der Waals surface area (Å²) in [6, 6.07) is 3.80. The summed E-state index contributed by atoms with van der Waals surface area (Å²) >= 11 is 6.03. The predicted octanol–water partition coefficient (Wildman–Crippen LogP) is 3.21. The van der Waals surface area contributed by atoms with Gasteiger partial charge in [0.25, 0.3) is 0 Å². The van der Waals surface area contributed by atoms with Crippen LogP contribution in [0.5, 0.6) is 0 Å². The van der Waals surface area contributed by atoms with Crippen LogP contribution in [0.3, 0.4) is 0 Å². The highest BCUT2D eigenvalue weighted by Gasteiger charge is 2.23. The molecule has 1 fully saturated rings. The summed E-state index contributed by atoms with van der Waals surface area (Å²) < 4.78 is 40.2. The minimum atomic E-state index is -3.65. The van der Waals surface area contributed by atoms with E-state index in [0.29, 0.717) is 18.0 Å². The standard InChI is InChI=1S/C14H19ClFNO2S/c1-10-2-7-13(16)8-14(10)20(18,19)17-9-11-3-5-12(15)6-4-11/h2,7-8,11-12,17H,3-6,9H2,1H3. The maximum atomic E-state index is 13.2. The molecule has 1 N–H and O–H groups in total. The van der Waals surface area contributed by atoms with Gasteiger partial charge in [-0.05, 0) is 56.2 Å². The number of hydrogen-bond donors (Lipinski definition) is 1. The fourth-order valence-corrected chi connectivity index (χ4v) is 4.12. The molecule has 0 bridgehead atoms. The number of halogens is 2. The number of sulfonamides is 1. The van der Waals surface area contributed by atoms with E-state index in [2.05, 4.69) is 4.72 Å². The molecule has 0 aliphatic heterocycles. The van der Waals surface area contributed by atoms with Gasteiger partial charge in [0.1, 0.15) is 5.82 Å². The predicted molar refractivity (Wildman–Crippen MR) is 77.9 cm³/mol. The Bertz CT molecular complexity index is 569. The molecule has 0 radical (unpaired) electrons. The van der Waals surface area contributed by atoms with Crippen molar-refractivity contribution in [1.82, 2.24) is 4.72 Å². The third-order valence-electron chi connectivity index (χ3n) is 3.78. The van der Waals surface area contributed by atoms with Crippen LogP contribution < -0.4 is 4.72 Å². The zero-order valence-electron chi connectivity index (χ0n) is 11.4. The highest BCUT2D eigenvalue weighted by atomic mass is 35.5. The van der Waals surface area contributed by atoms with Crippen LogP contribution in [-0.4, -0.2) is 20.3 Å². The molecule has 0 saturated heterocycles. The molecule has 0 unspecified atom stereocenters. The molecule has 1 aliphatic rings. The molecule has 2 rings (SSSR count). The van der Waals surface area contributed by atoms with Crippen molar-refractivity contribution < 1.29 is 12.8 Å². The minimum absolute atomic E-state index is 0.0172. The highest BCUT2D eigenvalue weighted by Crippen LogP contribution is 2.27. The zero-order chi connectivity index (χ0) is 14.8. The van der Waals surface area contributed by atoms with Gasteiger partial charge in [-0.2, -0.15) is 0 Å². The topological polar surface area (TPSA) is 46.2 Å². The summed E-state index contributed by atoms with van der Waals surface area (Å²) in [7, 11) is -3.65. The molecule has 112 valence electrons. The van der Waals surface area contributed by atoms with Crippen LogP contribution in [0.2, 0.25) is 0 Å². The van der Waals surface area contributed by atoms with Crippen molar-refractivity contribution in [2.45, 2.75) is 42.9 Å². The molecular formula is C14H19ClFNO2S. The van der Waals surface area contributed by atoms with Crippen LogP contribution in [-0.2, 0) is 10.0 Å². The van der Waals surface area contributed by atoms with Crippen molar-refractivity contribution in [3.05, 3.63) is 29.6 Å². The van der Waals surface area contributed by atoms with Crippen LogP contribution in [0, 0.1) is 18.7 Å². The van der Waals surface area contributed by atoms with Crippen molar-refractivity contribution in [1.29, 1.82) is 0 Å². The number of alkyl halides is 1. The van der Waals surface area contributed by atoms with Gasteiger partial charge in [-0.1, -0.05) is 6.07 Å². The van der Waals surface area contributed by atoms with E-state index in [1.165, 1.54) is 12.1 Å². The van der Waals surface area contributed by atoms with Gasteiger partial charge in [-0.25, -0.2) is 17.5 Å². The van der Waals surface area contributed by atoms with Gasteiger partial charge in [0.05, 0.1) is 4.90 Å². The van der Waals surface area contributed by atoms with Crippen LogP contribution in [0.15, 0.2) is 23.1 Å². The second kappa shape index (κ2) is 6.41. The Morgan fingerprint density at radius 3 is 2.60 bits per heavy atom. The summed E-state index contributed by atoms with van der Waals surface area (Å²) in [5.41, 5.74) is 0.545. The Balaban J connectivity index is 2.02. The van der Waals surface area contributed by atoms with Gasteiger partial charge < -0.3 is 0 Å². The molecule has 1 aromatic rings. The van der Waals surface area contributed by atoms with Crippen molar-refractivity contribution in [3.63, 3.8) is 0 Å². The van der Waals surface area contributed by atoms with Gasteiger partial charge in [-0.15, -0.1) is 11.6 Å². The third-order valence-corrected chi connectivity index (χ3v) is 5.78. The maximum Gasteiger partial charge on any atom is 0.240 e. The molecule has 0 aromatic heterocycles. The van der Waals surface area contributed by atoms with Crippen molar-refractivity contribution in [3.8, 4) is 0 Å². The molecule has 6 heteroatoms. The van der Waals surface area contributed by atoms with Crippen LogP contribution in [0.1, 0.15) is 31.2 Å². The fraction of sp³-hybridized carbons (Fsp3) is 0.571. The summed E-state index contributed by atoms with van der Waals surface area (Å²) in [6.45, 7) is 2.05. The average molecular weight is 320 g/mol. The normalized spacial score (nSPS) is 23.8. The van der Waals surface area contributed by atoms with Crippen LogP contribution in [0.25, 0.3) is 0 Å². The van der Waals surface area contributed by atoms with Crippen molar-refractivity contribution in [2.24, 2.45) is 5.92 Å². The van der Waals surface area contributed by atoms with Crippen LogP contribution in [0.4, 0.5) is 4.39 Å². The van der Waals surface area contributed by atoms with Crippen molar-refractivity contribution in [2.75, 3.05) is 6.54 Å². The lowest BCUT2D eigenvalue weighted by atomic mass is 9.89. The minimum Gasteiger partial charge on any atom is -0.211 e. The quantitative estimate of drug-likeness (QED) is 0.866. The monoisotopic (exact) mass is 319 g/mol. The van der Waals surface area contributed by atoms with Gasteiger partial charge in [-0.3, -0.25) is 0 Å². The molecule has 1 aliphatic carbocycles. The third kappa shape index (κ3) is 3.93. The Morgan fingerprint density at radius 1 is 1.30 bits per heavy atom. The first kappa shape index (κ1) is 15.7. The zero-order valence-corrected chi connectivity index (χ0v) is 13.0. The lowest BCUT2D eigenvalue weighted by Gasteiger charge is -2.25. The Morgan fingerprint density at radius 2 is 1.95 bits per heavy atom. The van der Waals surface area contributed by atoms with E-state index in [9.17, 15) is 12.8 Å². The number of nitrogens with one attached hydrogen (secondary N) is 1. The van der Waals surface area contributed by atoms with Crippen molar-refractivity contribution >= 4 is 21.6 Å². The summed E-state index contributed by atoms with van der Waals surface area (Å²) in [4.78, 5) is 0.0172. The lowest BCUT2D eigenvalue weighted by Crippen LogP contribution is -2.32. The number of hydrogen-bond acceptors (Lipinski definition) is 2. The molecule has 0 amide bonds. The summed E-state index contributed by atoms with van der Waals surface area (Å²) in [5, 5.41) is 0.216. The first-order valence-corrected chi connectivity index (χ1v) is 8.70. The molecule has 0 atom stereocenters. The molecule has 1 saturated carbocycles. The summed E-state index contributed by atoms with van der Waals surface area (Å²) in [6.07, 6.45) is 3.71. The van der Waals surface area contributed by atoms with Crippen LogP contribution >= 0.6 is 11.6 Å². The molecule has 20 heavy (non-hydrogen) atoms. The average Bonchev–Trinajstić information content (AvgIpc) is 2.41. The molecule has 3 nitrogen and oxygen atoms in total. The first-order valence-electron chi connectivity index (χ1n) is 6.78. The smallest absolute Gasteiger partial charge is 0.211 e. The Kier molecular flexibility index (Phi) is 5.04. The second-order valence-corrected chi connectivity index (χ2v) is 7.73. The molecule has 0 spiro atoms. The van der Waals surface area contributed by atoms with Gasteiger partial charge in [0, 0.05) is 11.9 Å². The highest BCUT2D eigenvalue weighted by molar-refractivity contribution is 7.89. The number of rotatable bonds is 4. The summed E-state index contributed by atoms with van der Waals surface area (Å²) in [5.74, 6) is -0.229. The SMILES string of the molecule is Cc1ccc(F)cc1S(=O)(=O)NCC1CCC(Cl)CC1. The van der Waals surface area contributed by atoms with E-state index >= 15 is 0 Å². The first-order chi connectivity index (χ1) is 9.38. The van der Waals surface area contributed by atoms with Gasteiger partial charge in [0.15, 0.2) is 0 Å².